The molecule has 1 saturated carbocycles. The summed E-state index contributed by atoms with van der Waals surface area (Å²) in [6, 6.07) is 5.00. The Labute approximate surface area is 102 Å². The highest BCUT2D eigenvalue weighted by molar-refractivity contribution is 7.89. The number of nitrogens with two attached hydrogens (primary N) is 1. The summed E-state index contributed by atoms with van der Waals surface area (Å²) in [5.74, 6) is 0.834. The van der Waals surface area contributed by atoms with Gasteiger partial charge in [-0.3, -0.25) is 0 Å². The fraction of sp³-hybridized carbons (Fsp3) is 0.500. The molecule has 0 unspecified atom stereocenters. The second-order valence-electron chi connectivity index (χ2n) is 4.75. The van der Waals surface area contributed by atoms with E-state index in [0.717, 1.165) is 18.4 Å². The van der Waals surface area contributed by atoms with E-state index in [4.69, 9.17) is 9.88 Å². The largest absolute Gasteiger partial charge is 0.490 e. The van der Waals surface area contributed by atoms with Crippen molar-refractivity contribution in [3.8, 4) is 5.75 Å². The van der Waals surface area contributed by atoms with Gasteiger partial charge in [-0.1, -0.05) is 13.8 Å². The molecular weight excluding hydrogens is 238 g/mol. The van der Waals surface area contributed by atoms with Crippen LogP contribution in [0.1, 0.15) is 38.2 Å². The summed E-state index contributed by atoms with van der Waals surface area (Å²) in [4.78, 5) is 0.124. The molecule has 0 heterocycles. The first-order valence-electron chi connectivity index (χ1n) is 5.70. The summed E-state index contributed by atoms with van der Waals surface area (Å²) in [5, 5.41) is 5.16. The Morgan fingerprint density at radius 2 is 1.94 bits per heavy atom. The molecule has 2 rings (SSSR count). The van der Waals surface area contributed by atoms with Gasteiger partial charge in [-0.25, -0.2) is 13.6 Å². The molecule has 1 aromatic rings. The minimum Gasteiger partial charge on any atom is -0.490 e. The van der Waals surface area contributed by atoms with Crippen molar-refractivity contribution in [2.45, 2.75) is 43.6 Å². The third-order valence-corrected chi connectivity index (χ3v) is 3.62. The van der Waals surface area contributed by atoms with E-state index in [9.17, 15) is 8.42 Å². The van der Waals surface area contributed by atoms with Crippen molar-refractivity contribution in [2.75, 3.05) is 0 Å². The Morgan fingerprint density at radius 1 is 1.29 bits per heavy atom. The average molecular weight is 255 g/mol. The minimum absolute atomic E-state index is 0.124. The molecule has 94 valence electrons. The molecule has 0 spiro atoms. The quantitative estimate of drug-likeness (QED) is 0.894. The predicted octanol–water partition coefficient (Wildman–Crippen LogP) is 2.00. The normalized spacial score (nSPS) is 16.2. The lowest BCUT2D eigenvalue weighted by molar-refractivity contribution is 0.302. The first-order valence-corrected chi connectivity index (χ1v) is 7.25. The van der Waals surface area contributed by atoms with Crippen molar-refractivity contribution in [3.05, 3.63) is 23.8 Å². The van der Waals surface area contributed by atoms with Crippen LogP contribution in [-0.4, -0.2) is 14.5 Å². The summed E-state index contributed by atoms with van der Waals surface area (Å²) in [7, 11) is -3.68. The highest BCUT2D eigenvalue weighted by Crippen LogP contribution is 2.30. The van der Waals surface area contributed by atoms with Crippen molar-refractivity contribution in [3.63, 3.8) is 0 Å². The second-order valence-corrected chi connectivity index (χ2v) is 6.32. The predicted molar refractivity (Wildman–Crippen MR) is 65.6 cm³/mol. The highest BCUT2D eigenvalue weighted by atomic mass is 32.2. The van der Waals surface area contributed by atoms with E-state index in [1.165, 1.54) is 6.07 Å². The molecular formula is C12H17NO3S. The molecule has 1 aliphatic carbocycles. The lowest BCUT2D eigenvalue weighted by Crippen LogP contribution is -2.13. The topological polar surface area (TPSA) is 69.4 Å². The highest BCUT2D eigenvalue weighted by Gasteiger charge is 2.24. The number of primary sulfonamides is 1. The average Bonchev–Trinajstić information content (AvgIpc) is 2.99. The van der Waals surface area contributed by atoms with Gasteiger partial charge in [0.05, 0.1) is 11.0 Å². The third kappa shape index (κ3) is 3.20. The first kappa shape index (κ1) is 12.4. The summed E-state index contributed by atoms with van der Waals surface area (Å²) >= 11 is 0. The minimum atomic E-state index is -3.68. The van der Waals surface area contributed by atoms with Crippen LogP contribution in [0.2, 0.25) is 0 Å². The van der Waals surface area contributed by atoms with Gasteiger partial charge in [-0.2, -0.15) is 0 Å². The Hall–Kier alpha value is -1.07. The monoisotopic (exact) mass is 255 g/mol. The Balaban J connectivity index is 2.41. The Morgan fingerprint density at radius 3 is 2.41 bits per heavy atom. The van der Waals surface area contributed by atoms with E-state index in [0.29, 0.717) is 5.75 Å². The van der Waals surface area contributed by atoms with Gasteiger partial charge in [-0.05, 0) is 36.5 Å². The number of hydrogen-bond acceptors (Lipinski definition) is 3. The Bertz CT molecular complexity index is 519. The van der Waals surface area contributed by atoms with Gasteiger partial charge in [0.1, 0.15) is 5.75 Å². The van der Waals surface area contributed by atoms with Crippen LogP contribution in [0.4, 0.5) is 0 Å². The van der Waals surface area contributed by atoms with E-state index < -0.39 is 10.0 Å². The molecule has 1 aromatic carbocycles. The molecule has 1 aliphatic rings. The zero-order valence-electron chi connectivity index (χ0n) is 10.0. The van der Waals surface area contributed by atoms with Gasteiger partial charge >= 0.3 is 0 Å². The molecule has 0 amide bonds. The summed E-state index contributed by atoms with van der Waals surface area (Å²) < 4.78 is 28.4. The maximum Gasteiger partial charge on any atom is 0.238 e. The smallest absolute Gasteiger partial charge is 0.238 e. The number of rotatable bonds is 4. The maximum atomic E-state index is 11.4. The van der Waals surface area contributed by atoms with Gasteiger partial charge in [-0.15, -0.1) is 0 Å². The van der Waals surface area contributed by atoms with Crippen molar-refractivity contribution < 1.29 is 13.2 Å². The molecule has 0 radical (unpaired) electrons. The summed E-state index contributed by atoms with van der Waals surface area (Å²) in [6.07, 6.45) is 2.32. The van der Waals surface area contributed by atoms with Crippen molar-refractivity contribution >= 4 is 10.0 Å². The summed E-state index contributed by atoms with van der Waals surface area (Å²) in [5.41, 5.74) is 0.923. The van der Waals surface area contributed by atoms with Crippen LogP contribution in [0.5, 0.6) is 5.75 Å². The number of benzene rings is 1. The number of ether oxygens (including phenoxy) is 1. The summed E-state index contributed by atoms with van der Waals surface area (Å²) in [6.45, 7) is 4.01. The molecule has 5 heteroatoms. The third-order valence-electron chi connectivity index (χ3n) is 2.72. The lowest BCUT2D eigenvalue weighted by Gasteiger charge is -2.12. The van der Waals surface area contributed by atoms with E-state index in [1.54, 1.807) is 6.07 Å². The molecule has 0 aromatic heterocycles. The molecule has 1 fully saturated rings. The van der Waals surface area contributed by atoms with Crippen molar-refractivity contribution in [1.29, 1.82) is 0 Å². The van der Waals surface area contributed by atoms with Crippen molar-refractivity contribution in [1.82, 2.24) is 0 Å². The van der Waals surface area contributed by atoms with E-state index in [2.05, 4.69) is 0 Å². The lowest BCUT2D eigenvalue weighted by atomic mass is 10.0. The van der Waals surface area contributed by atoms with Gasteiger partial charge in [0.2, 0.25) is 10.0 Å². The van der Waals surface area contributed by atoms with Crippen molar-refractivity contribution in [2.24, 2.45) is 5.14 Å². The zero-order valence-corrected chi connectivity index (χ0v) is 10.8. The fourth-order valence-corrected chi connectivity index (χ4v) is 2.12. The maximum absolute atomic E-state index is 11.4. The van der Waals surface area contributed by atoms with Crippen LogP contribution in [0.15, 0.2) is 23.1 Å². The zero-order chi connectivity index (χ0) is 12.6. The standard InChI is InChI=1S/C12H17NO3S/c1-8(2)9-5-11(16-10-3-4-10)7-12(6-9)17(13,14)15/h5-8,10H,3-4H2,1-2H3,(H2,13,14,15). The second kappa shape index (κ2) is 4.31. The van der Waals surface area contributed by atoms with Gasteiger partial charge in [0.25, 0.3) is 0 Å². The van der Waals surface area contributed by atoms with Gasteiger partial charge in [0, 0.05) is 6.07 Å². The molecule has 0 aliphatic heterocycles. The van der Waals surface area contributed by atoms with Crippen LogP contribution in [0, 0.1) is 0 Å². The van der Waals surface area contributed by atoms with E-state index >= 15 is 0 Å². The van der Waals surface area contributed by atoms with Crippen LogP contribution in [-0.2, 0) is 10.0 Å². The molecule has 0 bridgehead atoms. The molecule has 2 N–H and O–H groups in total. The Kier molecular flexibility index (Phi) is 3.14. The molecule has 0 saturated heterocycles. The van der Waals surface area contributed by atoms with Crippen LogP contribution in [0.3, 0.4) is 0 Å². The van der Waals surface area contributed by atoms with E-state index in [-0.39, 0.29) is 16.9 Å². The first-order chi connectivity index (χ1) is 7.86. The van der Waals surface area contributed by atoms with Gasteiger partial charge < -0.3 is 4.74 Å². The molecule has 0 atom stereocenters. The van der Waals surface area contributed by atoms with E-state index in [1.807, 2.05) is 19.9 Å². The number of sulfonamides is 1. The SMILES string of the molecule is CC(C)c1cc(OC2CC2)cc(S(N)(=O)=O)c1. The molecule has 4 nitrogen and oxygen atoms in total. The fourth-order valence-electron chi connectivity index (χ4n) is 1.54. The number of hydrogen-bond donors (Lipinski definition) is 1. The molecule has 17 heavy (non-hydrogen) atoms. The van der Waals surface area contributed by atoms with Crippen LogP contribution in [0.25, 0.3) is 0 Å². The van der Waals surface area contributed by atoms with Crippen LogP contribution < -0.4 is 9.88 Å². The van der Waals surface area contributed by atoms with Crippen LogP contribution >= 0.6 is 0 Å². The van der Waals surface area contributed by atoms with Gasteiger partial charge in [0.15, 0.2) is 0 Å².